The van der Waals surface area contributed by atoms with E-state index in [0.29, 0.717) is 6.04 Å². The molecule has 1 unspecified atom stereocenters. The van der Waals surface area contributed by atoms with Gasteiger partial charge in [-0.25, -0.2) is 0 Å². The van der Waals surface area contributed by atoms with E-state index >= 15 is 0 Å². The second kappa shape index (κ2) is 7.81. The molecule has 2 aromatic carbocycles. The Bertz CT molecular complexity index is 534. The summed E-state index contributed by atoms with van der Waals surface area (Å²) >= 11 is 0. The molecule has 0 aliphatic heterocycles. The van der Waals surface area contributed by atoms with Gasteiger partial charge < -0.3 is 15.2 Å². The molecule has 112 valence electrons. The maximum absolute atomic E-state index is 9.02. The summed E-state index contributed by atoms with van der Waals surface area (Å²) in [5.74, 6) is 0.892. The highest BCUT2D eigenvalue weighted by Gasteiger charge is 2.04. The van der Waals surface area contributed by atoms with Crippen molar-refractivity contribution in [2.75, 3.05) is 7.11 Å². The molecule has 0 heterocycles. The van der Waals surface area contributed by atoms with Crippen LogP contribution in [0, 0.1) is 0 Å². The highest BCUT2D eigenvalue weighted by molar-refractivity contribution is 5.27. The molecule has 0 saturated heterocycles. The van der Waals surface area contributed by atoms with Gasteiger partial charge in [0.05, 0.1) is 13.7 Å². The van der Waals surface area contributed by atoms with Crippen molar-refractivity contribution in [3.8, 4) is 5.75 Å². The minimum absolute atomic E-state index is 0.0988. The monoisotopic (exact) mass is 285 g/mol. The van der Waals surface area contributed by atoms with Crippen LogP contribution < -0.4 is 10.1 Å². The number of hydrogen-bond donors (Lipinski definition) is 2. The number of benzene rings is 2. The Labute approximate surface area is 126 Å². The van der Waals surface area contributed by atoms with Gasteiger partial charge in [-0.3, -0.25) is 0 Å². The minimum atomic E-state index is 0.0988. The summed E-state index contributed by atoms with van der Waals surface area (Å²) in [4.78, 5) is 0. The van der Waals surface area contributed by atoms with Crippen LogP contribution in [0.3, 0.4) is 0 Å². The van der Waals surface area contributed by atoms with Crippen molar-refractivity contribution in [3.63, 3.8) is 0 Å². The number of hydrogen-bond acceptors (Lipinski definition) is 3. The van der Waals surface area contributed by atoms with Crippen molar-refractivity contribution in [1.82, 2.24) is 5.32 Å². The summed E-state index contributed by atoms with van der Waals surface area (Å²) in [6.07, 6.45) is 0.985. The lowest BCUT2D eigenvalue weighted by Crippen LogP contribution is -2.27. The molecule has 21 heavy (non-hydrogen) atoms. The van der Waals surface area contributed by atoms with Gasteiger partial charge >= 0.3 is 0 Å². The van der Waals surface area contributed by atoms with Crippen molar-refractivity contribution < 1.29 is 9.84 Å². The Morgan fingerprint density at radius 3 is 2.10 bits per heavy atom. The van der Waals surface area contributed by atoms with Crippen LogP contribution in [0.2, 0.25) is 0 Å². The zero-order chi connectivity index (χ0) is 15.1. The Morgan fingerprint density at radius 1 is 0.952 bits per heavy atom. The van der Waals surface area contributed by atoms with Gasteiger partial charge in [-0.1, -0.05) is 36.4 Å². The van der Waals surface area contributed by atoms with Gasteiger partial charge in [0.15, 0.2) is 0 Å². The first-order valence-corrected chi connectivity index (χ1v) is 7.26. The van der Waals surface area contributed by atoms with Gasteiger partial charge in [0.2, 0.25) is 0 Å². The zero-order valence-corrected chi connectivity index (χ0v) is 12.7. The maximum atomic E-state index is 9.02. The minimum Gasteiger partial charge on any atom is -0.497 e. The normalized spacial score (nSPS) is 12.1. The Kier molecular flexibility index (Phi) is 5.78. The summed E-state index contributed by atoms with van der Waals surface area (Å²) in [7, 11) is 1.68. The molecule has 0 aromatic heterocycles. The fraction of sp³-hybridized carbons (Fsp3) is 0.333. The molecule has 2 aromatic rings. The van der Waals surface area contributed by atoms with E-state index in [-0.39, 0.29) is 6.61 Å². The van der Waals surface area contributed by atoms with Crippen molar-refractivity contribution in [3.05, 3.63) is 65.2 Å². The molecule has 0 amide bonds. The summed E-state index contributed by atoms with van der Waals surface area (Å²) in [6, 6.07) is 16.6. The number of rotatable bonds is 7. The van der Waals surface area contributed by atoms with Crippen molar-refractivity contribution >= 4 is 0 Å². The Hall–Kier alpha value is -1.84. The molecule has 0 fully saturated rings. The van der Waals surface area contributed by atoms with Gasteiger partial charge in [0, 0.05) is 12.6 Å². The summed E-state index contributed by atoms with van der Waals surface area (Å²) in [5.41, 5.74) is 3.48. The van der Waals surface area contributed by atoms with E-state index in [2.05, 4.69) is 36.5 Å². The molecule has 0 bridgehead atoms. The predicted octanol–water partition coefficient (Wildman–Crippen LogP) is 2.91. The van der Waals surface area contributed by atoms with E-state index in [0.717, 1.165) is 24.3 Å². The van der Waals surface area contributed by atoms with Crippen molar-refractivity contribution in [2.24, 2.45) is 0 Å². The molecule has 2 N–H and O–H groups in total. The smallest absolute Gasteiger partial charge is 0.118 e. The predicted molar refractivity (Wildman–Crippen MR) is 85.4 cm³/mol. The number of nitrogens with one attached hydrogen (secondary N) is 1. The van der Waals surface area contributed by atoms with E-state index in [1.54, 1.807) is 7.11 Å². The largest absolute Gasteiger partial charge is 0.497 e. The molecule has 2 rings (SSSR count). The van der Waals surface area contributed by atoms with Gasteiger partial charge in [-0.05, 0) is 42.2 Å². The molecule has 0 saturated carbocycles. The van der Waals surface area contributed by atoms with Crippen LogP contribution in [0.4, 0.5) is 0 Å². The third kappa shape index (κ3) is 4.88. The molecule has 0 radical (unpaired) electrons. The Balaban J connectivity index is 1.81. The topological polar surface area (TPSA) is 41.5 Å². The average Bonchev–Trinajstić information content (AvgIpc) is 2.54. The molecule has 3 heteroatoms. The van der Waals surface area contributed by atoms with Crippen LogP contribution in [-0.2, 0) is 19.6 Å². The van der Waals surface area contributed by atoms with Crippen LogP contribution in [0.5, 0.6) is 5.75 Å². The first kappa shape index (κ1) is 15.5. The molecule has 0 spiro atoms. The SMILES string of the molecule is COc1ccc(CC(C)NCc2ccc(CO)cc2)cc1. The van der Waals surface area contributed by atoms with E-state index in [9.17, 15) is 0 Å². The molecule has 0 aliphatic carbocycles. The van der Waals surface area contributed by atoms with Crippen LogP contribution in [0.25, 0.3) is 0 Å². The Morgan fingerprint density at radius 2 is 1.52 bits per heavy atom. The molecular formula is C18H23NO2. The van der Waals surface area contributed by atoms with Gasteiger partial charge in [-0.2, -0.15) is 0 Å². The highest BCUT2D eigenvalue weighted by atomic mass is 16.5. The maximum Gasteiger partial charge on any atom is 0.118 e. The van der Waals surface area contributed by atoms with E-state index in [1.165, 1.54) is 11.1 Å². The number of aliphatic hydroxyl groups is 1. The standard InChI is InChI=1S/C18H23NO2/c1-14(11-15-7-9-18(21-2)10-8-15)19-12-16-3-5-17(13-20)6-4-16/h3-10,14,19-20H,11-13H2,1-2H3. The fourth-order valence-corrected chi connectivity index (χ4v) is 2.24. The van der Waals surface area contributed by atoms with Crippen LogP contribution in [-0.4, -0.2) is 18.3 Å². The summed E-state index contributed by atoms with van der Waals surface area (Å²) in [6.45, 7) is 3.12. The molecule has 1 atom stereocenters. The quantitative estimate of drug-likeness (QED) is 0.822. The van der Waals surface area contributed by atoms with Crippen LogP contribution >= 0.6 is 0 Å². The van der Waals surface area contributed by atoms with Crippen LogP contribution in [0.15, 0.2) is 48.5 Å². The van der Waals surface area contributed by atoms with Crippen molar-refractivity contribution in [1.29, 1.82) is 0 Å². The molecular weight excluding hydrogens is 262 g/mol. The lowest BCUT2D eigenvalue weighted by molar-refractivity contribution is 0.282. The highest BCUT2D eigenvalue weighted by Crippen LogP contribution is 2.13. The van der Waals surface area contributed by atoms with E-state index < -0.39 is 0 Å². The fourth-order valence-electron chi connectivity index (χ4n) is 2.24. The third-order valence-electron chi connectivity index (χ3n) is 3.56. The summed E-state index contributed by atoms with van der Waals surface area (Å²) < 4.78 is 5.16. The second-order valence-corrected chi connectivity index (χ2v) is 5.31. The van der Waals surface area contributed by atoms with E-state index in [1.807, 2.05) is 24.3 Å². The van der Waals surface area contributed by atoms with Crippen LogP contribution in [0.1, 0.15) is 23.6 Å². The number of ether oxygens (including phenoxy) is 1. The van der Waals surface area contributed by atoms with Gasteiger partial charge in [-0.15, -0.1) is 0 Å². The summed E-state index contributed by atoms with van der Waals surface area (Å²) in [5, 5.41) is 12.5. The number of methoxy groups -OCH3 is 1. The number of aliphatic hydroxyl groups excluding tert-OH is 1. The van der Waals surface area contributed by atoms with Gasteiger partial charge in [0.1, 0.15) is 5.75 Å². The van der Waals surface area contributed by atoms with E-state index in [4.69, 9.17) is 9.84 Å². The lowest BCUT2D eigenvalue weighted by atomic mass is 10.1. The molecule has 0 aliphatic rings. The third-order valence-corrected chi connectivity index (χ3v) is 3.56. The average molecular weight is 285 g/mol. The lowest BCUT2D eigenvalue weighted by Gasteiger charge is -2.14. The zero-order valence-electron chi connectivity index (χ0n) is 12.7. The molecule has 3 nitrogen and oxygen atoms in total. The second-order valence-electron chi connectivity index (χ2n) is 5.31. The van der Waals surface area contributed by atoms with Crippen molar-refractivity contribution in [2.45, 2.75) is 32.5 Å². The first-order valence-electron chi connectivity index (χ1n) is 7.26. The van der Waals surface area contributed by atoms with Gasteiger partial charge in [0.25, 0.3) is 0 Å². The first-order chi connectivity index (χ1) is 10.2.